The standard InChI is InChI=1S/C20H24ClN5O/c21-17-6-2-1-5-15(17)12-24-19(27)20-7-3-4-10-26(20)14-16(11-20)25-18-13-22-8-9-23-18/h1-2,5-6,8-9,13,16H,3-4,7,10-12,14H2,(H,23,25)(H,24,27)/t16-,20+/m0/s1. The fourth-order valence-corrected chi connectivity index (χ4v) is 4.54. The number of halogens is 1. The largest absolute Gasteiger partial charge is 0.365 e. The number of nitrogens with one attached hydrogen (secondary N) is 2. The maximum Gasteiger partial charge on any atom is 0.240 e. The first kappa shape index (κ1) is 18.2. The number of aromatic nitrogens is 2. The van der Waals surface area contributed by atoms with Gasteiger partial charge in [0.1, 0.15) is 11.4 Å². The second-order valence-electron chi connectivity index (χ2n) is 7.34. The van der Waals surface area contributed by atoms with Gasteiger partial charge in [0.2, 0.25) is 5.91 Å². The Kier molecular flexibility index (Phi) is 5.27. The molecule has 0 spiro atoms. The highest BCUT2D eigenvalue weighted by Crippen LogP contribution is 2.39. The molecule has 0 bridgehead atoms. The fourth-order valence-electron chi connectivity index (χ4n) is 4.34. The smallest absolute Gasteiger partial charge is 0.240 e. The maximum atomic E-state index is 13.2. The van der Waals surface area contributed by atoms with Crippen molar-refractivity contribution in [3.05, 3.63) is 53.4 Å². The van der Waals surface area contributed by atoms with Crippen LogP contribution < -0.4 is 10.6 Å². The zero-order valence-corrected chi connectivity index (χ0v) is 16.0. The number of anilines is 1. The van der Waals surface area contributed by atoms with Crippen LogP contribution in [0.15, 0.2) is 42.9 Å². The number of fused-ring (bicyclic) bond motifs is 1. The van der Waals surface area contributed by atoms with Crippen LogP contribution in [0, 0.1) is 0 Å². The number of amides is 1. The molecule has 7 heteroatoms. The highest BCUT2D eigenvalue weighted by atomic mass is 35.5. The predicted octanol–water partition coefficient (Wildman–Crippen LogP) is 2.86. The lowest BCUT2D eigenvalue weighted by Crippen LogP contribution is -2.57. The molecule has 2 saturated heterocycles. The molecular weight excluding hydrogens is 362 g/mol. The Morgan fingerprint density at radius 1 is 1.30 bits per heavy atom. The number of carbonyl (C=O) groups excluding carboxylic acids is 1. The Balaban J connectivity index is 1.46. The van der Waals surface area contributed by atoms with Crippen LogP contribution in [-0.4, -0.2) is 45.4 Å². The molecule has 2 fully saturated rings. The third kappa shape index (κ3) is 3.77. The molecule has 2 N–H and O–H groups in total. The first-order valence-corrected chi connectivity index (χ1v) is 9.84. The van der Waals surface area contributed by atoms with E-state index in [0.29, 0.717) is 11.6 Å². The van der Waals surface area contributed by atoms with E-state index in [4.69, 9.17) is 11.6 Å². The van der Waals surface area contributed by atoms with Crippen LogP contribution in [0.3, 0.4) is 0 Å². The first-order valence-electron chi connectivity index (χ1n) is 9.47. The van der Waals surface area contributed by atoms with E-state index in [0.717, 1.165) is 50.2 Å². The molecule has 0 unspecified atom stereocenters. The average molecular weight is 386 g/mol. The summed E-state index contributed by atoms with van der Waals surface area (Å²) in [5, 5.41) is 7.26. The topological polar surface area (TPSA) is 70.2 Å². The van der Waals surface area contributed by atoms with E-state index < -0.39 is 5.54 Å². The highest BCUT2D eigenvalue weighted by Gasteiger charge is 2.51. The molecule has 0 aliphatic carbocycles. The lowest BCUT2D eigenvalue weighted by Gasteiger charge is -2.40. The fraction of sp³-hybridized carbons (Fsp3) is 0.450. The zero-order valence-electron chi connectivity index (χ0n) is 15.2. The van der Waals surface area contributed by atoms with Gasteiger partial charge >= 0.3 is 0 Å². The van der Waals surface area contributed by atoms with Crippen LogP contribution in [0.4, 0.5) is 5.82 Å². The number of rotatable bonds is 5. The van der Waals surface area contributed by atoms with Crippen molar-refractivity contribution >= 4 is 23.3 Å². The summed E-state index contributed by atoms with van der Waals surface area (Å²) in [5.41, 5.74) is 0.498. The molecule has 3 heterocycles. The number of hydrogen-bond donors (Lipinski definition) is 2. The molecule has 1 aromatic carbocycles. The van der Waals surface area contributed by atoms with Gasteiger partial charge in [-0.05, 0) is 43.9 Å². The van der Waals surface area contributed by atoms with Gasteiger partial charge in [-0.2, -0.15) is 0 Å². The lowest BCUT2D eigenvalue weighted by molar-refractivity contribution is -0.134. The van der Waals surface area contributed by atoms with Crippen molar-refractivity contribution in [3.63, 3.8) is 0 Å². The third-order valence-corrected chi connectivity index (χ3v) is 6.00. The second kappa shape index (κ2) is 7.82. The molecule has 6 nitrogen and oxygen atoms in total. The van der Waals surface area contributed by atoms with Crippen LogP contribution in [0.1, 0.15) is 31.2 Å². The van der Waals surface area contributed by atoms with Gasteiger partial charge in [0.25, 0.3) is 0 Å². The van der Waals surface area contributed by atoms with Gasteiger partial charge in [-0.1, -0.05) is 29.8 Å². The van der Waals surface area contributed by atoms with Crippen LogP contribution in [-0.2, 0) is 11.3 Å². The number of hydrogen-bond acceptors (Lipinski definition) is 5. The van der Waals surface area contributed by atoms with Gasteiger partial charge in [-0.3, -0.25) is 14.7 Å². The zero-order chi connectivity index (χ0) is 18.7. The van der Waals surface area contributed by atoms with E-state index in [1.54, 1.807) is 18.6 Å². The molecule has 2 aromatic rings. The van der Waals surface area contributed by atoms with Crippen molar-refractivity contribution in [2.45, 2.75) is 43.8 Å². The van der Waals surface area contributed by atoms with Gasteiger partial charge in [0.05, 0.1) is 6.20 Å². The van der Waals surface area contributed by atoms with Crippen LogP contribution in [0.25, 0.3) is 0 Å². The molecule has 142 valence electrons. The highest BCUT2D eigenvalue weighted by molar-refractivity contribution is 6.31. The number of piperidine rings is 1. The van der Waals surface area contributed by atoms with E-state index in [-0.39, 0.29) is 11.9 Å². The van der Waals surface area contributed by atoms with E-state index in [9.17, 15) is 4.79 Å². The summed E-state index contributed by atoms with van der Waals surface area (Å²) in [6.45, 7) is 2.25. The molecular formula is C20H24ClN5O. The van der Waals surface area contributed by atoms with Crippen LogP contribution in [0.5, 0.6) is 0 Å². The molecule has 1 aromatic heterocycles. The van der Waals surface area contributed by atoms with Crippen LogP contribution in [0.2, 0.25) is 5.02 Å². The van der Waals surface area contributed by atoms with Gasteiger partial charge in [-0.25, -0.2) is 4.98 Å². The SMILES string of the molecule is O=C(NCc1ccccc1Cl)[C@]12CCCCN1C[C@@H](Nc1cnccn1)C2. The molecule has 27 heavy (non-hydrogen) atoms. The Bertz CT molecular complexity index is 802. The van der Waals surface area contributed by atoms with Crippen LogP contribution >= 0.6 is 11.6 Å². The minimum atomic E-state index is -0.445. The first-order chi connectivity index (χ1) is 13.2. The summed E-state index contributed by atoms with van der Waals surface area (Å²) >= 11 is 6.23. The number of nitrogens with zero attached hydrogens (tertiary/aromatic N) is 3. The summed E-state index contributed by atoms with van der Waals surface area (Å²) in [6.07, 6.45) is 8.94. The minimum absolute atomic E-state index is 0.102. The molecule has 2 aliphatic rings. The summed E-state index contributed by atoms with van der Waals surface area (Å²) in [5.74, 6) is 0.861. The van der Waals surface area contributed by atoms with E-state index in [2.05, 4.69) is 25.5 Å². The summed E-state index contributed by atoms with van der Waals surface area (Å²) in [7, 11) is 0. The van der Waals surface area contributed by atoms with Crippen molar-refractivity contribution in [2.75, 3.05) is 18.4 Å². The van der Waals surface area contributed by atoms with Gasteiger partial charge in [-0.15, -0.1) is 0 Å². The Labute approximate surface area is 164 Å². The van der Waals surface area contributed by atoms with Crippen molar-refractivity contribution in [3.8, 4) is 0 Å². The quantitative estimate of drug-likeness (QED) is 0.828. The molecule has 0 radical (unpaired) electrons. The summed E-state index contributed by atoms with van der Waals surface area (Å²) < 4.78 is 0. The number of carbonyl (C=O) groups is 1. The third-order valence-electron chi connectivity index (χ3n) is 5.63. The Morgan fingerprint density at radius 3 is 3.00 bits per heavy atom. The molecule has 2 aliphatic heterocycles. The lowest BCUT2D eigenvalue weighted by atomic mass is 9.84. The Morgan fingerprint density at radius 2 is 2.19 bits per heavy atom. The van der Waals surface area contributed by atoms with Gasteiger partial charge in [0, 0.05) is 36.5 Å². The molecule has 1 amide bonds. The Hall–Kier alpha value is -2.18. The number of benzene rings is 1. The predicted molar refractivity (Wildman–Crippen MR) is 106 cm³/mol. The van der Waals surface area contributed by atoms with Crippen molar-refractivity contribution in [2.24, 2.45) is 0 Å². The maximum absolute atomic E-state index is 13.2. The second-order valence-corrected chi connectivity index (χ2v) is 7.75. The monoisotopic (exact) mass is 385 g/mol. The molecule has 2 atom stereocenters. The average Bonchev–Trinajstić information content (AvgIpc) is 3.07. The van der Waals surface area contributed by atoms with Crippen molar-refractivity contribution < 1.29 is 4.79 Å². The summed E-state index contributed by atoms with van der Waals surface area (Å²) in [4.78, 5) is 24.0. The van der Waals surface area contributed by atoms with Gasteiger partial charge in [0.15, 0.2) is 0 Å². The molecule has 4 rings (SSSR count). The van der Waals surface area contributed by atoms with Gasteiger partial charge < -0.3 is 10.6 Å². The minimum Gasteiger partial charge on any atom is -0.365 e. The van der Waals surface area contributed by atoms with E-state index >= 15 is 0 Å². The summed E-state index contributed by atoms with van der Waals surface area (Å²) in [6, 6.07) is 7.83. The van der Waals surface area contributed by atoms with E-state index in [1.807, 2.05) is 24.3 Å². The normalized spacial score (nSPS) is 25.0. The van der Waals surface area contributed by atoms with E-state index in [1.165, 1.54) is 0 Å². The van der Waals surface area contributed by atoms with Crippen molar-refractivity contribution in [1.82, 2.24) is 20.2 Å². The van der Waals surface area contributed by atoms with Crippen molar-refractivity contribution in [1.29, 1.82) is 0 Å². The molecule has 0 saturated carbocycles.